The molecule has 4 heterocycles. The number of fused-ring (bicyclic) bond motifs is 4. The van der Waals surface area contributed by atoms with Gasteiger partial charge in [-0.2, -0.15) is 0 Å². The van der Waals surface area contributed by atoms with E-state index in [1.54, 1.807) is 24.3 Å². The zero-order chi connectivity index (χ0) is 17.1. The van der Waals surface area contributed by atoms with Crippen LogP contribution in [0.4, 0.5) is 0 Å². The van der Waals surface area contributed by atoms with Gasteiger partial charge in [0.15, 0.2) is 35.1 Å². The number of benzene rings is 2. The smallest absolute Gasteiger partial charge is 0.220 e. The van der Waals surface area contributed by atoms with Gasteiger partial charge in [-0.25, -0.2) is 19.9 Å². The van der Waals surface area contributed by atoms with E-state index in [4.69, 9.17) is 17.7 Å². The van der Waals surface area contributed by atoms with Crippen molar-refractivity contribution in [2.45, 2.75) is 0 Å². The van der Waals surface area contributed by atoms with Crippen LogP contribution in [0.3, 0.4) is 0 Å². The van der Waals surface area contributed by atoms with Crippen LogP contribution in [0.2, 0.25) is 0 Å². The summed E-state index contributed by atoms with van der Waals surface area (Å²) in [6, 6.07) is 7.17. The highest BCUT2D eigenvalue weighted by Gasteiger charge is 2.10. The Morgan fingerprint density at radius 3 is 1.58 bits per heavy atom. The zero-order valence-electron chi connectivity index (χ0n) is 13.0. The van der Waals surface area contributed by atoms with Gasteiger partial charge >= 0.3 is 0 Å². The first-order valence-electron chi connectivity index (χ1n) is 7.77. The van der Waals surface area contributed by atoms with Gasteiger partial charge in [0.2, 0.25) is 11.8 Å². The Morgan fingerprint density at radius 2 is 1.08 bits per heavy atom. The van der Waals surface area contributed by atoms with Crippen molar-refractivity contribution in [3.8, 4) is 0 Å². The molecule has 0 saturated carbocycles. The Morgan fingerprint density at radius 1 is 0.577 bits per heavy atom. The first-order valence-corrected chi connectivity index (χ1v) is 7.77. The lowest BCUT2D eigenvalue weighted by molar-refractivity contribution is 0.579. The molecule has 8 heteroatoms. The molecule has 0 aliphatic heterocycles. The van der Waals surface area contributed by atoms with Gasteiger partial charge in [0.05, 0.1) is 0 Å². The van der Waals surface area contributed by atoms with E-state index >= 15 is 0 Å². The third kappa shape index (κ3) is 1.95. The second-order valence-electron chi connectivity index (χ2n) is 5.72. The number of oxazole rings is 4. The molecule has 0 amide bonds. The predicted molar refractivity (Wildman–Crippen MR) is 92.1 cm³/mol. The molecular formula is C18H8N4O4. The van der Waals surface area contributed by atoms with Crippen LogP contribution in [0.5, 0.6) is 0 Å². The zero-order valence-corrected chi connectivity index (χ0v) is 13.0. The van der Waals surface area contributed by atoms with Crippen LogP contribution in [0, 0.1) is 0 Å². The Hall–Kier alpha value is -3.94. The SMILES string of the molecule is C(=C\c1nc2cc3ncoc3cc2o1)/c1nc2cc3ncoc3cc2o1. The summed E-state index contributed by atoms with van der Waals surface area (Å²) in [4.78, 5) is 17.1. The Balaban J connectivity index is 1.39. The minimum Gasteiger partial charge on any atom is -0.443 e. The van der Waals surface area contributed by atoms with Crippen molar-refractivity contribution in [3.63, 3.8) is 0 Å². The second-order valence-corrected chi connectivity index (χ2v) is 5.72. The van der Waals surface area contributed by atoms with Crippen LogP contribution in [0.15, 0.2) is 54.7 Å². The number of aromatic nitrogens is 4. The maximum Gasteiger partial charge on any atom is 0.220 e. The molecule has 4 aromatic heterocycles. The van der Waals surface area contributed by atoms with Gasteiger partial charge in [-0.05, 0) is 12.1 Å². The van der Waals surface area contributed by atoms with Crippen molar-refractivity contribution >= 4 is 56.6 Å². The van der Waals surface area contributed by atoms with E-state index in [0.717, 1.165) is 11.0 Å². The molecule has 8 nitrogen and oxygen atoms in total. The lowest BCUT2D eigenvalue weighted by Crippen LogP contribution is -1.73. The van der Waals surface area contributed by atoms with Crippen LogP contribution < -0.4 is 0 Å². The van der Waals surface area contributed by atoms with Gasteiger partial charge in [-0.3, -0.25) is 0 Å². The molecule has 0 aliphatic carbocycles. The molecule has 0 bridgehead atoms. The van der Waals surface area contributed by atoms with Crippen molar-refractivity contribution in [2.24, 2.45) is 0 Å². The molecule has 6 aromatic rings. The van der Waals surface area contributed by atoms with Gasteiger partial charge in [-0.15, -0.1) is 0 Å². The van der Waals surface area contributed by atoms with Gasteiger partial charge in [0.25, 0.3) is 0 Å². The largest absolute Gasteiger partial charge is 0.443 e. The summed E-state index contributed by atoms with van der Waals surface area (Å²) in [6.45, 7) is 0. The third-order valence-electron chi connectivity index (χ3n) is 4.08. The molecular weight excluding hydrogens is 336 g/mol. The number of hydrogen-bond donors (Lipinski definition) is 0. The normalized spacial score (nSPS) is 12.5. The molecule has 0 N–H and O–H groups in total. The van der Waals surface area contributed by atoms with E-state index in [1.165, 1.54) is 12.8 Å². The monoisotopic (exact) mass is 344 g/mol. The maximum atomic E-state index is 5.71. The molecule has 0 fully saturated rings. The lowest BCUT2D eigenvalue weighted by atomic mass is 10.3. The number of nitrogens with zero attached hydrogens (tertiary/aromatic N) is 4. The second kappa shape index (κ2) is 4.79. The van der Waals surface area contributed by atoms with Crippen molar-refractivity contribution in [3.05, 3.63) is 48.8 Å². The molecule has 0 spiro atoms. The fraction of sp³-hybridized carbons (Fsp3) is 0. The number of rotatable bonds is 2. The van der Waals surface area contributed by atoms with Crippen molar-refractivity contribution in [2.75, 3.05) is 0 Å². The van der Waals surface area contributed by atoms with E-state index in [0.29, 0.717) is 45.1 Å². The molecule has 2 aromatic carbocycles. The van der Waals surface area contributed by atoms with E-state index in [-0.39, 0.29) is 0 Å². The summed E-state index contributed by atoms with van der Waals surface area (Å²) in [5.74, 6) is 0.871. The number of hydrogen-bond acceptors (Lipinski definition) is 8. The quantitative estimate of drug-likeness (QED) is 0.454. The molecule has 0 atom stereocenters. The van der Waals surface area contributed by atoms with Crippen LogP contribution in [-0.4, -0.2) is 19.9 Å². The summed E-state index contributed by atoms with van der Waals surface area (Å²) in [6.07, 6.45) is 6.18. The van der Waals surface area contributed by atoms with E-state index in [1.807, 2.05) is 12.1 Å². The van der Waals surface area contributed by atoms with Crippen LogP contribution >= 0.6 is 0 Å². The van der Waals surface area contributed by atoms with Gasteiger partial charge in [0.1, 0.15) is 22.1 Å². The molecule has 0 radical (unpaired) electrons. The van der Waals surface area contributed by atoms with Gasteiger partial charge < -0.3 is 17.7 Å². The van der Waals surface area contributed by atoms with E-state index in [2.05, 4.69) is 19.9 Å². The summed E-state index contributed by atoms with van der Waals surface area (Å²) in [5, 5.41) is 0. The fourth-order valence-electron chi connectivity index (χ4n) is 2.88. The lowest BCUT2D eigenvalue weighted by Gasteiger charge is -1.85. The highest BCUT2D eigenvalue weighted by atomic mass is 16.4. The minimum absolute atomic E-state index is 0.435. The van der Waals surface area contributed by atoms with Crippen LogP contribution in [0.25, 0.3) is 56.6 Å². The first-order chi connectivity index (χ1) is 12.8. The molecule has 0 aliphatic rings. The average Bonchev–Trinajstić information content (AvgIpc) is 3.39. The van der Waals surface area contributed by atoms with Crippen molar-refractivity contribution < 1.29 is 17.7 Å². The maximum absolute atomic E-state index is 5.71. The van der Waals surface area contributed by atoms with E-state index in [9.17, 15) is 0 Å². The van der Waals surface area contributed by atoms with Crippen molar-refractivity contribution in [1.29, 1.82) is 0 Å². The van der Waals surface area contributed by atoms with E-state index < -0.39 is 0 Å². The predicted octanol–water partition coefficient (Wildman–Crippen LogP) is 4.42. The van der Waals surface area contributed by atoms with Crippen molar-refractivity contribution in [1.82, 2.24) is 19.9 Å². The van der Waals surface area contributed by atoms with Crippen LogP contribution in [-0.2, 0) is 0 Å². The highest BCUT2D eigenvalue weighted by molar-refractivity contribution is 5.90. The standard InChI is InChI=1S/C18H8N4O4/c1(17-21-11-3-9-13(23-7-19-9)5-15(11)25-17)2-18-22-12-4-10-14(24-8-20-10)6-16(12)26-18/h1-8H/b2-1+. The molecule has 124 valence electrons. The molecule has 6 rings (SSSR count). The van der Waals surface area contributed by atoms with Gasteiger partial charge in [-0.1, -0.05) is 0 Å². The molecule has 0 saturated heterocycles. The molecule has 0 unspecified atom stereocenters. The summed E-state index contributed by atoms with van der Waals surface area (Å²) >= 11 is 0. The Kier molecular flexibility index (Phi) is 2.46. The fourth-order valence-corrected chi connectivity index (χ4v) is 2.88. The summed E-state index contributed by atoms with van der Waals surface area (Å²) in [5.41, 5.74) is 5.43. The Labute approximate surface area is 143 Å². The summed E-state index contributed by atoms with van der Waals surface area (Å²) < 4.78 is 22.0. The summed E-state index contributed by atoms with van der Waals surface area (Å²) in [7, 11) is 0. The third-order valence-corrected chi connectivity index (χ3v) is 4.08. The van der Waals surface area contributed by atoms with Gasteiger partial charge in [0, 0.05) is 24.3 Å². The minimum atomic E-state index is 0.435. The average molecular weight is 344 g/mol. The molecule has 26 heavy (non-hydrogen) atoms. The van der Waals surface area contributed by atoms with Crippen LogP contribution in [0.1, 0.15) is 11.8 Å². The highest BCUT2D eigenvalue weighted by Crippen LogP contribution is 2.25. The first kappa shape index (κ1) is 13.4. The Bertz CT molecular complexity index is 1240. The topological polar surface area (TPSA) is 104 Å².